The highest BCUT2D eigenvalue weighted by molar-refractivity contribution is 8.20. The Kier molecular flexibility index (Phi) is 5.19. The molecule has 0 atom stereocenters. The third kappa shape index (κ3) is 3.78. The Labute approximate surface area is 146 Å². The number of hydrazone groups is 1. The Morgan fingerprint density at radius 2 is 1.29 bits per heavy atom. The summed E-state index contributed by atoms with van der Waals surface area (Å²) in [6.07, 6.45) is -0.600. The van der Waals surface area contributed by atoms with Gasteiger partial charge in [-0.25, -0.2) is 4.39 Å². The number of halogens is 1. The van der Waals surface area contributed by atoms with Crippen molar-refractivity contribution in [2.45, 2.75) is 0 Å². The number of hydrogen-bond acceptors (Lipinski definition) is 2. The monoisotopic (exact) mass is 354 g/mol. The molecule has 0 heterocycles. The molecule has 0 unspecified atom stereocenters. The Hall–Kier alpha value is -2.29. The van der Waals surface area contributed by atoms with Crippen molar-refractivity contribution in [3.63, 3.8) is 0 Å². The lowest BCUT2D eigenvalue weighted by Gasteiger charge is -2.22. The largest absolute Gasteiger partial charge is 0.272 e. The van der Waals surface area contributed by atoms with Crippen LogP contribution in [0.15, 0.2) is 90.0 Å². The molecule has 0 aliphatic rings. The second-order valence-corrected chi connectivity index (χ2v) is 9.28. The highest BCUT2D eigenvalue weighted by Crippen LogP contribution is 2.38. The second kappa shape index (κ2) is 7.52. The van der Waals surface area contributed by atoms with Crippen molar-refractivity contribution in [3.8, 4) is 0 Å². The molecular formula is C19H16FN2PS. The maximum absolute atomic E-state index is 13.0. The molecule has 120 valence electrons. The fraction of sp³-hybridized carbons (Fsp3) is 0. The van der Waals surface area contributed by atoms with E-state index in [1.165, 1.54) is 12.1 Å². The summed E-state index contributed by atoms with van der Waals surface area (Å²) in [6, 6.07) is 26.1. The minimum Gasteiger partial charge on any atom is -0.272 e. The first kappa shape index (κ1) is 16.6. The predicted molar refractivity (Wildman–Crippen MR) is 104 cm³/mol. The Bertz CT molecular complexity index is 821. The van der Waals surface area contributed by atoms with Crippen LogP contribution in [0.4, 0.5) is 4.39 Å². The molecule has 0 saturated carbocycles. The van der Waals surface area contributed by atoms with Crippen molar-refractivity contribution < 1.29 is 4.39 Å². The van der Waals surface area contributed by atoms with Crippen molar-refractivity contribution in [1.82, 2.24) is 5.20 Å². The minimum atomic E-state index is -2.26. The maximum atomic E-state index is 13.0. The van der Waals surface area contributed by atoms with Gasteiger partial charge in [-0.1, -0.05) is 84.6 Å². The van der Waals surface area contributed by atoms with Gasteiger partial charge in [-0.15, -0.1) is 0 Å². The first-order valence-electron chi connectivity index (χ1n) is 7.46. The molecule has 0 aliphatic carbocycles. The van der Waals surface area contributed by atoms with E-state index in [0.717, 1.165) is 16.2 Å². The third-order valence-electron chi connectivity index (χ3n) is 3.52. The lowest BCUT2D eigenvalue weighted by atomic mass is 10.2. The zero-order valence-electron chi connectivity index (χ0n) is 12.8. The lowest BCUT2D eigenvalue weighted by Crippen LogP contribution is -2.24. The van der Waals surface area contributed by atoms with Crippen LogP contribution in [-0.4, -0.2) is 6.21 Å². The summed E-state index contributed by atoms with van der Waals surface area (Å²) >= 11 is 6.00. The number of nitrogens with one attached hydrogen (secondary N) is 1. The molecule has 0 aliphatic heterocycles. The van der Waals surface area contributed by atoms with Crippen molar-refractivity contribution in [2.75, 3.05) is 0 Å². The third-order valence-corrected chi connectivity index (χ3v) is 7.48. The first-order valence-corrected chi connectivity index (χ1v) is 10.3. The van der Waals surface area contributed by atoms with E-state index >= 15 is 0 Å². The maximum Gasteiger partial charge on any atom is 0.123 e. The van der Waals surface area contributed by atoms with Gasteiger partial charge in [0.1, 0.15) is 12.0 Å². The van der Waals surface area contributed by atoms with Crippen molar-refractivity contribution in [2.24, 2.45) is 5.10 Å². The van der Waals surface area contributed by atoms with Crippen molar-refractivity contribution in [1.29, 1.82) is 0 Å². The van der Waals surface area contributed by atoms with Gasteiger partial charge >= 0.3 is 0 Å². The van der Waals surface area contributed by atoms with Gasteiger partial charge < -0.3 is 0 Å². The van der Waals surface area contributed by atoms with Crippen LogP contribution < -0.4 is 15.8 Å². The normalized spacial score (nSPS) is 11.5. The van der Waals surface area contributed by atoms with E-state index in [1.54, 1.807) is 18.3 Å². The molecule has 1 N–H and O–H groups in total. The Morgan fingerprint density at radius 3 is 1.79 bits per heavy atom. The summed E-state index contributed by atoms with van der Waals surface area (Å²) in [5.74, 6) is -0.265. The molecule has 5 heteroatoms. The zero-order valence-corrected chi connectivity index (χ0v) is 14.6. The van der Waals surface area contributed by atoms with Crippen LogP contribution in [0.2, 0.25) is 0 Å². The van der Waals surface area contributed by atoms with E-state index in [4.69, 9.17) is 11.8 Å². The van der Waals surface area contributed by atoms with Crippen LogP contribution in [-0.2, 0) is 11.8 Å². The van der Waals surface area contributed by atoms with Crippen molar-refractivity contribution in [3.05, 3.63) is 96.3 Å². The Morgan fingerprint density at radius 1 is 0.792 bits per heavy atom. The van der Waals surface area contributed by atoms with E-state index < -0.39 is 6.19 Å². The summed E-state index contributed by atoms with van der Waals surface area (Å²) in [4.78, 5) is 0. The molecule has 0 spiro atoms. The van der Waals surface area contributed by atoms with Gasteiger partial charge in [0.15, 0.2) is 0 Å². The Balaban J connectivity index is 1.91. The summed E-state index contributed by atoms with van der Waals surface area (Å²) in [6.45, 7) is 0. The van der Waals surface area contributed by atoms with E-state index in [9.17, 15) is 4.39 Å². The van der Waals surface area contributed by atoms with Gasteiger partial charge in [0.2, 0.25) is 0 Å². The molecule has 3 aromatic carbocycles. The van der Waals surface area contributed by atoms with Crippen LogP contribution in [0.1, 0.15) is 5.56 Å². The van der Waals surface area contributed by atoms with Crippen LogP contribution in [0, 0.1) is 5.82 Å². The first-order chi connectivity index (χ1) is 11.7. The average molecular weight is 354 g/mol. The van der Waals surface area contributed by atoms with E-state index in [2.05, 4.69) is 10.3 Å². The zero-order chi connectivity index (χ0) is 16.8. The summed E-state index contributed by atoms with van der Waals surface area (Å²) in [7, 11) is 0. The van der Waals surface area contributed by atoms with E-state index in [0.29, 0.717) is 0 Å². The molecule has 3 rings (SSSR count). The summed E-state index contributed by atoms with van der Waals surface area (Å²) < 4.78 is 13.0. The van der Waals surface area contributed by atoms with Gasteiger partial charge in [0.05, 0.1) is 6.21 Å². The van der Waals surface area contributed by atoms with Gasteiger partial charge in [-0.2, -0.15) is 5.10 Å². The van der Waals surface area contributed by atoms with Crippen LogP contribution in [0.25, 0.3) is 0 Å². The fourth-order valence-electron chi connectivity index (χ4n) is 2.27. The van der Waals surface area contributed by atoms with E-state index in [-0.39, 0.29) is 5.82 Å². The molecule has 0 amide bonds. The molecule has 0 fully saturated rings. The molecule has 0 saturated heterocycles. The van der Waals surface area contributed by atoms with Gasteiger partial charge in [0, 0.05) is 10.6 Å². The molecule has 24 heavy (non-hydrogen) atoms. The highest BCUT2D eigenvalue weighted by atomic mass is 32.4. The number of rotatable bonds is 5. The minimum absolute atomic E-state index is 0.265. The molecule has 2 nitrogen and oxygen atoms in total. The number of nitrogens with zero attached hydrogens (tertiary/aromatic N) is 1. The van der Waals surface area contributed by atoms with Gasteiger partial charge in [-0.3, -0.25) is 5.20 Å². The second-order valence-electron chi connectivity index (χ2n) is 5.19. The molecule has 0 aromatic heterocycles. The van der Waals surface area contributed by atoms with Gasteiger partial charge in [0.25, 0.3) is 0 Å². The number of hydrogen-bond donors (Lipinski definition) is 1. The van der Waals surface area contributed by atoms with Crippen molar-refractivity contribution >= 4 is 34.8 Å². The predicted octanol–water partition coefficient (Wildman–Crippen LogP) is 3.79. The van der Waals surface area contributed by atoms with Crippen LogP contribution in [0.3, 0.4) is 0 Å². The number of benzene rings is 3. The fourth-order valence-corrected chi connectivity index (χ4v) is 5.08. The quantitative estimate of drug-likeness (QED) is 0.428. The van der Waals surface area contributed by atoms with Gasteiger partial charge in [-0.05, 0) is 17.7 Å². The standard InChI is InChI=1S/C19H16FN2PS/c20-17-13-11-16(12-14-17)15-21-22-23(24,18-7-3-1-4-8-18)19-9-5-2-6-10-19/h1-15H,(H,22,24). The van der Waals surface area contributed by atoms with Crippen LogP contribution >= 0.6 is 6.19 Å². The highest BCUT2D eigenvalue weighted by Gasteiger charge is 2.21. The smallest absolute Gasteiger partial charge is 0.123 e. The topological polar surface area (TPSA) is 24.4 Å². The molecule has 0 radical (unpaired) electrons. The van der Waals surface area contributed by atoms with E-state index in [1.807, 2.05) is 60.7 Å². The summed E-state index contributed by atoms with van der Waals surface area (Å²) in [5, 5.41) is 9.63. The molecule has 0 bridgehead atoms. The molecular weight excluding hydrogens is 338 g/mol. The SMILES string of the molecule is Fc1ccc(C=NNP(=S)(c2ccccc2)c2ccccc2)cc1. The lowest BCUT2D eigenvalue weighted by molar-refractivity contribution is 0.628. The summed E-state index contributed by atoms with van der Waals surface area (Å²) in [5.41, 5.74) is 0.812. The molecule has 3 aromatic rings. The average Bonchev–Trinajstić information content (AvgIpc) is 2.65. The van der Waals surface area contributed by atoms with Crippen LogP contribution in [0.5, 0.6) is 0 Å².